The second-order valence-electron chi connectivity index (χ2n) is 4.00. The van der Waals surface area contributed by atoms with E-state index in [1.54, 1.807) is 6.07 Å². The lowest BCUT2D eigenvalue weighted by molar-refractivity contribution is 0.598. The van der Waals surface area contributed by atoms with Gasteiger partial charge in [0, 0.05) is 17.9 Å². The van der Waals surface area contributed by atoms with Crippen molar-refractivity contribution >= 4 is 21.4 Å². The van der Waals surface area contributed by atoms with E-state index in [0.717, 1.165) is 0 Å². The van der Waals surface area contributed by atoms with Gasteiger partial charge in [-0.05, 0) is 32.0 Å². The number of hydrogen-bond donors (Lipinski definition) is 3. The maximum Gasteiger partial charge on any atom is 0.238 e. The molecule has 5 N–H and O–H groups in total. The molecule has 94 valence electrons. The first kappa shape index (κ1) is 13.5. The van der Waals surface area contributed by atoms with Gasteiger partial charge >= 0.3 is 0 Å². The number of hydrogen-bond acceptors (Lipinski definition) is 4. The molecule has 0 spiro atoms. The fraction of sp³-hybridized carbons (Fsp3) is 0.273. The van der Waals surface area contributed by atoms with Gasteiger partial charge in [0.05, 0.1) is 4.90 Å². The first-order chi connectivity index (χ1) is 7.79. The Labute approximate surface area is 102 Å². The van der Waals surface area contributed by atoms with Gasteiger partial charge in [0.1, 0.15) is 0 Å². The van der Waals surface area contributed by atoms with Crippen molar-refractivity contribution in [3.05, 3.63) is 29.8 Å². The lowest BCUT2D eigenvalue weighted by Gasteiger charge is -2.07. The maximum atomic E-state index is 11.2. The first-order valence-corrected chi connectivity index (χ1v) is 6.64. The Morgan fingerprint density at radius 2 is 2.00 bits per heavy atom. The van der Waals surface area contributed by atoms with Crippen molar-refractivity contribution < 1.29 is 8.42 Å². The smallest absolute Gasteiger partial charge is 0.238 e. The summed E-state index contributed by atoms with van der Waals surface area (Å²) < 4.78 is 22.4. The molecule has 0 saturated carbocycles. The second-order valence-corrected chi connectivity index (χ2v) is 5.56. The number of allylic oxidation sites excluding steroid dienone is 1. The number of sulfonamides is 1. The molecule has 0 unspecified atom stereocenters. The molecular formula is C11H17N3O2S. The fourth-order valence-corrected chi connectivity index (χ4v) is 1.85. The van der Waals surface area contributed by atoms with E-state index in [1.807, 2.05) is 19.9 Å². The summed E-state index contributed by atoms with van der Waals surface area (Å²) in [5.41, 5.74) is 7.78. The van der Waals surface area contributed by atoms with E-state index in [4.69, 9.17) is 10.9 Å². The predicted molar refractivity (Wildman–Crippen MR) is 70.1 cm³/mol. The summed E-state index contributed by atoms with van der Waals surface area (Å²) in [7, 11) is -3.72. The monoisotopic (exact) mass is 255 g/mol. The second kappa shape index (κ2) is 5.20. The zero-order valence-electron chi connectivity index (χ0n) is 9.90. The summed E-state index contributed by atoms with van der Waals surface area (Å²) in [5.74, 6) is 0. The highest BCUT2D eigenvalue weighted by Gasteiger charge is 2.09. The Balaban J connectivity index is 2.95. The Hall–Kier alpha value is -1.53. The minimum absolute atomic E-state index is 0.0113. The molecular weight excluding hydrogens is 238 g/mol. The molecule has 0 radical (unpaired) electrons. The Morgan fingerprint density at radius 3 is 2.53 bits per heavy atom. The lowest BCUT2D eigenvalue weighted by Crippen LogP contribution is -2.13. The van der Waals surface area contributed by atoms with Crippen LogP contribution >= 0.6 is 0 Å². The molecule has 0 aromatic heterocycles. The van der Waals surface area contributed by atoms with Crippen molar-refractivity contribution in [3.63, 3.8) is 0 Å². The van der Waals surface area contributed by atoms with E-state index in [1.165, 1.54) is 17.7 Å². The van der Waals surface area contributed by atoms with Crippen LogP contribution in [0.15, 0.2) is 34.7 Å². The standard InChI is InChI=1S/C11H17N3O2S/c1-8(2)3-4-14-10-5-9(12)6-11(7-10)17(13,15)16/h3,5-7,14H,4,12H2,1-2H3,(H2,13,15,16). The molecule has 1 rings (SSSR count). The van der Waals surface area contributed by atoms with Gasteiger partial charge in [0.2, 0.25) is 10.0 Å². The molecule has 1 aromatic rings. The Kier molecular flexibility index (Phi) is 4.14. The molecule has 0 amide bonds. The summed E-state index contributed by atoms with van der Waals surface area (Å²) >= 11 is 0. The minimum Gasteiger partial charge on any atom is -0.399 e. The third kappa shape index (κ3) is 4.46. The number of anilines is 2. The molecule has 0 atom stereocenters. The third-order valence-corrected chi connectivity index (χ3v) is 2.97. The van der Waals surface area contributed by atoms with Crippen LogP contribution in [0.2, 0.25) is 0 Å². The number of nitrogen functional groups attached to an aromatic ring is 1. The number of nitrogens with one attached hydrogen (secondary N) is 1. The molecule has 5 nitrogen and oxygen atoms in total. The molecule has 0 bridgehead atoms. The molecule has 0 aliphatic rings. The van der Waals surface area contributed by atoms with Crippen molar-refractivity contribution in [1.82, 2.24) is 0 Å². The number of benzene rings is 1. The molecule has 1 aromatic carbocycles. The van der Waals surface area contributed by atoms with Crippen LogP contribution in [-0.4, -0.2) is 15.0 Å². The van der Waals surface area contributed by atoms with Crippen molar-refractivity contribution in [3.8, 4) is 0 Å². The SMILES string of the molecule is CC(C)=CCNc1cc(N)cc(S(N)(=O)=O)c1. The summed E-state index contributed by atoms with van der Waals surface area (Å²) in [6.45, 7) is 4.57. The van der Waals surface area contributed by atoms with Crippen LogP contribution in [-0.2, 0) is 10.0 Å². The van der Waals surface area contributed by atoms with Gasteiger partial charge < -0.3 is 11.1 Å². The van der Waals surface area contributed by atoms with Crippen molar-refractivity contribution in [2.24, 2.45) is 5.14 Å². The molecule has 0 heterocycles. The number of rotatable bonds is 4. The molecule has 17 heavy (non-hydrogen) atoms. The first-order valence-electron chi connectivity index (χ1n) is 5.09. The normalized spacial score (nSPS) is 11.0. The third-order valence-electron chi connectivity index (χ3n) is 2.07. The maximum absolute atomic E-state index is 11.2. The van der Waals surface area contributed by atoms with Crippen molar-refractivity contribution in [2.75, 3.05) is 17.6 Å². The highest BCUT2D eigenvalue weighted by atomic mass is 32.2. The zero-order chi connectivity index (χ0) is 13.1. The molecule has 0 fully saturated rings. The summed E-state index contributed by atoms with van der Waals surface area (Å²) in [5, 5.41) is 8.10. The zero-order valence-corrected chi connectivity index (χ0v) is 10.7. The van der Waals surface area contributed by atoms with Crippen LogP contribution in [0, 0.1) is 0 Å². The summed E-state index contributed by atoms with van der Waals surface area (Å²) in [6.07, 6.45) is 1.99. The van der Waals surface area contributed by atoms with Gasteiger partial charge in [0.25, 0.3) is 0 Å². The van der Waals surface area contributed by atoms with Gasteiger partial charge in [-0.3, -0.25) is 0 Å². The van der Waals surface area contributed by atoms with Gasteiger partial charge in [-0.1, -0.05) is 11.6 Å². The highest BCUT2D eigenvalue weighted by Crippen LogP contribution is 2.19. The van der Waals surface area contributed by atoms with Crippen LogP contribution < -0.4 is 16.2 Å². The van der Waals surface area contributed by atoms with E-state index < -0.39 is 10.0 Å². The van der Waals surface area contributed by atoms with E-state index in [2.05, 4.69) is 5.32 Å². The number of primary sulfonamides is 1. The van der Waals surface area contributed by atoms with Crippen LogP contribution in [0.3, 0.4) is 0 Å². The van der Waals surface area contributed by atoms with Crippen LogP contribution in [0.5, 0.6) is 0 Å². The summed E-state index contributed by atoms with van der Waals surface area (Å²) in [6, 6.07) is 4.46. The average molecular weight is 255 g/mol. The van der Waals surface area contributed by atoms with Gasteiger partial charge in [-0.15, -0.1) is 0 Å². The fourth-order valence-electron chi connectivity index (χ4n) is 1.26. The van der Waals surface area contributed by atoms with Gasteiger partial charge in [-0.2, -0.15) is 0 Å². The molecule has 0 saturated heterocycles. The summed E-state index contributed by atoms with van der Waals surface area (Å²) in [4.78, 5) is 0.0113. The topological polar surface area (TPSA) is 98.2 Å². The van der Waals surface area contributed by atoms with E-state index in [9.17, 15) is 8.42 Å². The Bertz CT molecular complexity index is 532. The lowest BCUT2D eigenvalue weighted by atomic mass is 10.2. The van der Waals surface area contributed by atoms with Crippen molar-refractivity contribution in [2.45, 2.75) is 18.7 Å². The van der Waals surface area contributed by atoms with E-state index in [-0.39, 0.29) is 4.90 Å². The quantitative estimate of drug-likeness (QED) is 0.557. The molecule has 6 heteroatoms. The van der Waals surface area contributed by atoms with Crippen LogP contribution in [0.4, 0.5) is 11.4 Å². The average Bonchev–Trinajstić information content (AvgIpc) is 2.14. The van der Waals surface area contributed by atoms with E-state index in [0.29, 0.717) is 17.9 Å². The van der Waals surface area contributed by atoms with Gasteiger partial charge in [0.15, 0.2) is 0 Å². The van der Waals surface area contributed by atoms with E-state index >= 15 is 0 Å². The Morgan fingerprint density at radius 1 is 1.35 bits per heavy atom. The number of nitrogens with two attached hydrogens (primary N) is 2. The van der Waals surface area contributed by atoms with Crippen molar-refractivity contribution in [1.29, 1.82) is 0 Å². The predicted octanol–water partition coefficient (Wildman–Crippen LogP) is 1.29. The van der Waals surface area contributed by atoms with Gasteiger partial charge in [-0.25, -0.2) is 13.6 Å². The molecule has 0 aliphatic carbocycles. The largest absolute Gasteiger partial charge is 0.399 e. The highest BCUT2D eigenvalue weighted by molar-refractivity contribution is 7.89. The minimum atomic E-state index is -3.72. The van der Waals surface area contributed by atoms with Crippen LogP contribution in [0.25, 0.3) is 0 Å². The van der Waals surface area contributed by atoms with Crippen LogP contribution in [0.1, 0.15) is 13.8 Å². The molecule has 0 aliphatic heterocycles.